The van der Waals surface area contributed by atoms with Crippen molar-refractivity contribution in [3.63, 3.8) is 0 Å². The minimum Gasteiger partial charge on any atom is -0.355 e. The molecule has 1 aliphatic carbocycles. The fourth-order valence-corrected chi connectivity index (χ4v) is 3.53. The van der Waals surface area contributed by atoms with Gasteiger partial charge in [-0.25, -0.2) is 4.39 Å². The molecule has 1 aromatic heterocycles. The lowest BCUT2D eigenvalue weighted by Gasteiger charge is -2.16. The van der Waals surface area contributed by atoms with Crippen LogP contribution in [0.25, 0.3) is 11.4 Å². The lowest BCUT2D eigenvalue weighted by molar-refractivity contribution is -0.121. The molecule has 0 bridgehead atoms. The van der Waals surface area contributed by atoms with Gasteiger partial charge in [0.15, 0.2) is 0 Å². The van der Waals surface area contributed by atoms with E-state index < -0.39 is 0 Å². The van der Waals surface area contributed by atoms with E-state index in [1.165, 1.54) is 44.6 Å². The maximum Gasteiger partial charge on any atom is 0.227 e. The highest BCUT2D eigenvalue weighted by molar-refractivity contribution is 5.85. The van der Waals surface area contributed by atoms with Gasteiger partial charge in [-0.1, -0.05) is 30.8 Å². The Bertz CT molecular complexity index is 776. The predicted octanol–water partition coefficient (Wildman–Crippen LogP) is 3.97. The largest absolute Gasteiger partial charge is 0.355 e. The zero-order chi connectivity index (χ0) is 19.8. The predicted molar refractivity (Wildman–Crippen MR) is 113 cm³/mol. The first-order chi connectivity index (χ1) is 13.6. The van der Waals surface area contributed by atoms with Crippen molar-refractivity contribution in [2.24, 2.45) is 0 Å². The second-order valence-corrected chi connectivity index (χ2v) is 7.47. The van der Waals surface area contributed by atoms with Gasteiger partial charge >= 0.3 is 0 Å². The van der Waals surface area contributed by atoms with Crippen molar-refractivity contribution < 1.29 is 13.7 Å². The maximum atomic E-state index is 13.4. The average molecular weight is 425 g/mol. The summed E-state index contributed by atoms with van der Waals surface area (Å²) in [7, 11) is 0. The van der Waals surface area contributed by atoms with Crippen molar-refractivity contribution in [2.45, 2.75) is 64.3 Å². The Morgan fingerprint density at radius 1 is 1.21 bits per heavy atom. The van der Waals surface area contributed by atoms with Gasteiger partial charge < -0.3 is 15.2 Å². The summed E-state index contributed by atoms with van der Waals surface area (Å²) in [6, 6.07) is 5.27. The number of nitrogens with zero attached hydrogens (tertiary/aromatic N) is 2. The summed E-state index contributed by atoms with van der Waals surface area (Å²) in [6.07, 6.45) is 8.44. The third-order valence-electron chi connectivity index (χ3n) is 5.19. The number of hydrogen-bond acceptors (Lipinski definition) is 5. The first-order valence-electron chi connectivity index (χ1n) is 10.2. The summed E-state index contributed by atoms with van der Waals surface area (Å²) < 4.78 is 18.6. The molecular weight excluding hydrogens is 395 g/mol. The molecule has 1 aliphatic rings. The minimum atomic E-state index is -0.266. The van der Waals surface area contributed by atoms with Crippen LogP contribution in [-0.2, 0) is 11.2 Å². The maximum absolute atomic E-state index is 13.4. The number of carbonyl (C=O) groups excluding carboxylic acids is 1. The third kappa shape index (κ3) is 7.40. The van der Waals surface area contributed by atoms with Gasteiger partial charge in [0.05, 0.1) is 0 Å². The van der Waals surface area contributed by atoms with Gasteiger partial charge in [0.2, 0.25) is 17.6 Å². The summed E-state index contributed by atoms with van der Waals surface area (Å²) in [4.78, 5) is 16.3. The van der Waals surface area contributed by atoms with Crippen LogP contribution in [0, 0.1) is 12.7 Å². The smallest absolute Gasteiger partial charge is 0.227 e. The summed E-state index contributed by atoms with van der Waals surface area (Å²) in [5, 5.41) is 10.4. The number of aryl methyl sites for hydroxylation is 2. The number of aromatic nitrogens is 2. The highest BCUT2D eigenvalue weighted by Crippen LogP contribution is 2.19. The van der Waals surface area contributed by atoms with Crippen molar-refractivity contribution in [3.05, 3.63) is 35.5 Å². The molecule has 1 amide bonds. The van der Waals surface area contributed by atoms with Gasteiger partial charge in [-0.2, -0.15) is 4.98 Å². The van der Waals surface area contributed by atoms with Crippen molar-refractivity contribution >= 4 is 18.3 Å². The van der Waals surface area contributed by atoms with Gasteiger partial charge in [0, 0.05) is 37.5 Å². The molecule has 2 aromatic rings. The van der Waals surface area contributed by atoms with Crippen LogP contribution in [0.1, 0.15) is 56.4 Å². The van der Waals surface area contributed by atoms with Gasteiger partial charge in [-0.15, -0.1) is 12.4 Å². The van der Waals surface area contributed by atoms with Crippen molar-refractivity contribution in [3.8, 4) is 11.4 Å². The van der Waals surface area contributed by atoms with Gasteiger partial charge in [-0.05, 0) is 43.5 Å². The van der Waals surface area contributed by atoms with Gasteiger partial charge in [0.1, 0.15) is 5.82 Å². The topological polar surface area (TPSA) is 80.0 Å². The minimum absolute atomic E-state index is 0. The first kappa shape index (κ1) is 23.3. The Morgan fingerprint density at radius 3 is 2.69 bits per heavy atom. The number of rotatable bonds is 8. The summed E-state index contributed by atoms with van der Waals surface area (Å²) in [6.45, 7) is 3.11. The zero-order valence-corrected chi connectivity index (χ0v) is 17.7. The highest BCUT2D eigenvalue weighted by atomic mass is 35.5. The fraction of sp³-hybridized carbons (Fsp3) is 0.571. The van der Waals surface area contributed by atoms with E-state index in [1.54, 1.807) is 19.1 Å². The number of hydrogen-bond donors (Lipinski definition) is 2. The van der Waals surface area contributed by atoms with Gasteiger partial charge in [0.25, 0.3) is 0 Å². The highest BCUT2D eigenvalue weighted by Gasteiger charge is 2.13. The Hall–Kier alpha value is -1.99. The lowest BCUT2D eigenvalue weighted by Crippen LogP contribution is -2.36. The van der Waals surface area contributed by atoms with Gasteiger partial charge in [-0.3, -0.25) is 4.79 Å². The Kier molecular flexibility index (Phi) is 9.54. The third-order valence-corrected chi connectivity index (χ3v) is 5.19. The van der Waals surface area contributed by atoms with E-state index in [9.17, 15) is 9.18 Å². The standard InChI is InChI=1S/C21H29FN4O2.ClH/c1-15-14-16(8-9-18(15)22)21-25-20(28-26-21)11-10-19(27)24-13-12-23-17-6-4-2-3-5-7-17;/h8-9,14,17,23H,2-7,10-13H2,1H3,(H,24,27);1H. The van der Waals surface area contributed by atoms with E-state index >= 15 is 0 Å². The molecule has 3 rings (SSSR count). The molecule has 29 heavy (non-hydrogen) atoms. The van der Waals surface area contributed by atoms with Crippen LogP contribution in [0.2, 0.25) is 0 Å². The molecule has 0 atom stereocenters. The SMILES string of the molecule is Cc1cc(-c2noc(CCC(=O)NCCNC3CCCCCC3)n2)ccc1F.Cl. The van der Waals surface area contributed by atoms with E-state index in [1.807, 2.05) is 0 Å². The molecule has 8 heteroatoms. The van der Waals surface area contributed by atoms with E-state index in [0.717, 1.165) is 6.54 Å². The molecular formula is C21H30ClFN4O2. The summed E-state index contributed by atoms with van der Waals surface area (Å²) in [5.74, 6) is 0.521. The summed E-state index contributed by atoms with van der Waals surface area (Å²) >= 11 is 0. The van der Waals surface area contributed by atoms with Crippen LogP contribution in [0.3, 0.4) is 0 Å². The Labute approximate surface area is 177 Å². The molecule has 160 valence electrons. The molecule has 0 unspecified atom stereocenters. The van der Waals surface area contributed by atoms with Crippen molar-refractivity contribution in [2.75, 3.05) is 13.1 Å². The van der Waals surface area contributed by atoms with Crippen molar-refractivity contribution in [1.82, 2.24) is 20.8 Å². The molecule has 0 aliphatic heterocycles. The Morgan fingerprint density at radius 2 is 1.97 bits per heavy atom. The number of amides is 1. The fourth-order valence-electron chi connectivity index (χ4n) is 3.53. The monoisotopic (exact) mass is 424 g/mol. The zero-order valence-electron chi connectivity index (χ0n) is 16.9. The quantitative estimate of drug-likeness (QED) is 0.495. The second kappa shape index (κ2) is 11.9. The Balaban J connectivity index is 0.00000300. The van der Waals surface area contributed by atoms with E-state index in [-0.39, 0.29) is 24.1 Å². The second-order valence-electron chi connectivity index (χ2n) is 7.47. The van der Waals surface area contributed by atoms with E-state index in [4.69, 9.17) is 4.52 Å². The molecule has 1 saturated carbocycles. The van der Waals surface area contributed by atoms with Crippen LogP contribution < -0.4 is 10.6 Å². The van der Waals surface area contributed by atoms with E-state index in [2.05, 4.69) is 20.8 Å². The first-order valence-corrected chi connectivity index (χ1v) is 10.2. The molecule has 1 fully saturated rings. The average Bonchev–Trinajstić information content (AvgIpc) is 3.01. The van der Waals surface area contributed by atoms with Crippen LogP contribution in [0.5, 0.6) is 0 Å². The van der Waals surface area contributed by atoms with Crippen LogP contribution in [0.15, 0.2) is 22.7 Å². The molecule has 0 saturated heterocycles. The molecule has 1 heterocycles. The molecule has 1 aromatic carbocycles. The van der Waals surface area contributed by atoms with Crippen LogP contribution in [0.4, 0.5) is 4.39 Å². The van der Waals surface area contributed by atoms with Crippen LogP contribution >= 0.6 is 12.4 Å². The van der Waals surface area contributed by atoms with Crippen molar-refractivity contribution in [1.29, 1.82) is 0 Å². The number of carbonyl (C=O) groups is 1. The van der Waals surface area contributed by atoms with E-state index in [0.29, 0.717) is 48.3 Å². The molecule has 0 spiro atoms. The number of benzene rings is 1. The summed E-state index contributed by atoms with van der Waals surface area (Å²) in [5.41, 5.74) is 1.23. The number of halogens is 2. The molecule has 2 N–H and O–H groups in total. The number of nitrogens with one attached hydrogen (secondary N) is 2. The molecule has 6 nitrogen and oxygen atoms in total. The van der Waals surface area contributed by atoms with Crippen LogP contribution in [-0.4, -0.2) is 35.2 Å². The lowest BCUT2D eigenvalue weighted by atomic mass is 10.1. The molecule has 0 radical (unpaired) electrons. The normalized spacial score (nSPS) is 14.8.